The fourth-order valence-electron chi connectivity index (χ4n) is 4.49. The molecule has 0 bridgehead atoms. The summed E-state index contributed by atoms with van der Waals surface area (Å²) in [7, 11) is 0. The molecule has 0 unspecified atom stereocenters. The van der Waals surface area contributed by atoms with E-state index in [2.05, 4.69) is 5.32 Å². The number of ether oxygens (including phenoxy) is 2. The summed E-state index contributed by atoms with van der Waals surface area (Å²) >= 11 is 0. The van der Waals surface area contributed by atoms with Crippen LogP contribution >= 0.6 is 0 Å². The Balaban J connectivity index is 1.20. The number of nitrogens with one attached hydrogen (secondary N) is 1. The van der Waals surface area contributed by atoms with Crippen LogP contribution in [0.4, 0.5) is 11.4 Å². The van der Waals surface area contributed by atoms with Crippen molar-refractivity contribution in [3.8, 4) is 11.5 Å². The number of hydrogen-bond donors (Lipinski definition) is 1. The first-order chi connectivity index (χ1) is 19.6. The van der Waals surface area contributed by atoms with Crippen LogP contribution in [0.25, 0.3) is 10.8 Å². The van der Waals surface area contributed by atoms with E-state index in [1.807, 2.05) is 79.7 Å². The molecule has 0 fully saturated rings. The molecular formula is C34H30N2O4. The maximum atomic E-state index is 13.4. The first-order valence-corrected chi connectivity index (χ1v) is 13.2. The summed E-state index contributed by atoms with van der Waals surface area (Å²) in [5, 5.41) is 5.00. The average molecular weight is 531 g/mol. The number of rotatable bonds is 10. The first kappa shape index (κ1) is 26.5. The fourth-order valence-corrected chi connectivity index (χ4v) is 4.49. The largest absolute Gasteiger partial charge is 0.490 e. The molecule has 40 heavy (non-hydrogen) atoms. The predicted molar refractivity (Wildman–Crippen MR) is 160 cm³/mol. The number of para-hydroxylation sites is 1. The van der Waals surface area contributed by atoms with Crippen molar-refractivity contribution >= 4 is 34.0 Å². The molecule has 0 aliphatic heterocycles. The zero-order valence-corrected chi connectivity index (χ0v) is 22.2. The van der Waals surface area contributed by atoms with E-state index < -0.39 is 0 Å². The van der Waals surface area contributed by atoms with Crippen molar-refractivity contribution < 1.29 is 19.1 Å². The lowest BCUT2D eigenvalue weighted by Gasteiger charge is -2.23. The highest BCUT2D eigenvalue weighted by Crippen LogP contribution is 2.28. The third-order valence-electron chi connectivity index (χ3n) is 6.47. The Morgan fingerprint density at radius 1 is 0.675 bits per heavy atom. The number of benzene rings is 5. The smallest absolute Gasteiger partial charge is 0.258 e. The van der Waals surface area contributed by atoms with Gasteiger partial charge in [0.1, 0.15) is 24.7 Å². The van der Waals surface area contributed by atoms with E-state index >= 15 is 0 Å². The molecule has 2 amide bonds. The molecule has 200 valence electrons. The molecular weight excluding hydrogens is 500 g/mol. The Kier molecular flexibility index (Phi) is 8.37. The van der Waals surface area contributed by atoms with Crippen LogP contribution in [0.1, 0.15) is 27.6 Å². The van der Waals surface area contributed by atoms with Gasteiger partial charge in [0.05, 0.1) is 5.69 Å². The van der Waals surface area contributed by atoms with Crippen molar-refractivity contribution in [3.63, 3.8) is 0 Å². The van der Waals surface area contributed by atoms with Gasteiger partial charge in [-0.3, -0.25) is 9.59 Å². The summed E-state index contributed by atoms with van der Waals surface area (Å²) in [5.41, 5.74) is 2.48. The van der Waals surface area contributed by atoms with E-state index in [0.29, 0.717) is 42.3 Å². The number of hydrogen-bond acceptors (Lipinski definition) is 4. The SMILES string of the molecule is CCN(C(=O)c1ccc(NC(=O)c2cccc(OCCOc3ccccc3)c2)cc1)c1cccc2ccccc12. The second-order valence-electron chi connectivity index (χ2n) is 9.12. The van der Waals surface area contributed by atoms with Gasteiger partial charge in [-0.15, -0.1) is 0 Å². The van der Waals surface area contributed by atoms with Crippen molar-refractivity contribution in [3.05, 3.63) is 132 Å². The van der Waals surface area contributed by atoms with E-state index in [9.17, 15) is 9.59 Å². The molecule has 0 saturated heterocycles. The minimum atomic E-state index is -0.268. The van der Waals surface area contributed by atoms with Gasteiger partial charge in [0.25, 0.3) is 11.8 Å². The van der Waals surface area contributed by atoms with E-state index in [4.69, 9.17) is 9.47 Å². The normalized spacial score (nSPS) is 10.6. The monoisotopic (exact) mass is 530 g/mol. The Bertz CT molecular complexity index is 1590. The Labute approximate surface area is 233 Å². The zero-order chi connectivity index (χ0) is 27.7. The molecule has 0 atom stereocenters. The molecule has 5 aromatic rings. The van der Waals surface area contributed by atoms with Crippen LogP contribution in [0.2, 0.25) is 0 Å². The lowest BCUT2D eigenvalue weighted by Crippen LogP contribution is -2.30. The van der Waals surface area contributed by atoms with E-state index in [1.165, 1.54) is 0 Å². The summed E-state index contributed by atoms with van der Waals surface area (Å²) in [6.07, 6.45) is 0. The third-order valence-corrected chi connectivity index (χ3v) is 6.47. The second kappa shape index (κ2) is 12.6. The van der Waals surface area contributed by atoms with Gasteiger partial charge in [0.15, 0.2) is 0 Å². The third kappa shape index (κ3) is 6.30. The van der Waals surface area contributed by atoms with Crippen LogP contribution < -0.4 is 19.7 Å². The number of amides is 2. The van der Waals surface area contributed by atoms with Gasteiger partial charge >= 0.3 is 0 Å². The number of carbonyl (C=O) groups is 2. The molecule has 5 rings (SSSR count). The Morgan fingerprint density at radius 2 is 1.32 bits per heavy atom. The maximum absolute atomic E-state index is 13.4. The minimum absolute atomic E-state index is 0.0992. The zero-order valence-electron chi connectivity index (χ0n) is 22.2. The van der Waals surface area contributed by atoms with Gasteiger partial charge in [0, 0.05) is 28.7 Å². The molecule has 0 spiro atoms. The molecule has 0 aliphatic carbocycles. The summed E-state index contributed by atoms with van der Waals surface area (Å²) in [5.74, 6) is 0.995. The number of fused-ring (bicyclic) bond motifs is 1. The van der Waals surface area contributed by atoms with Gasteiger partial charge in [-0.2, -0.15) is 0 Å². The van der Waals surface area contributed by atoms with Crippen molar-refractivity contribution in [2.24, 2.45) is 0 Å². The van der Waals surface area contributed by atoms with Crippen molar-refractivity contribution in [1.82, 2.24) is 0 Å². The van der Waals surface area contributed by atoms with Crippen molar-refractivity contribution in [2.45, 2.75) is 6.92 Å². The van der Waals surface area contributed by atoms with Gasteiger partial charge in [-0.05, 0) is 73.0 Å². The standard InChI is InChI=1S/C34H30N2O4/c1-2-36(32-17-9-11-25-10-6-7-16-31(25)32)34(38)26-18-20-28(21-19-26)35-33(37)27-12-8-15-30(24-27)40-23-22-39-29-13-4-3-5-14-29/h3-21,24H,2,22-23H2,1H3,(H,35,37). The molecule has 0 aromatic heterocycles. The average Bonchev–Trinajstić information content (AvgIpc) is 3.01. The summed E-state index contributed by atoms with van der Waals surface area (Å²) < 4.78 is 11.4. The molecule has 6 nitrogen and oxygen atoms in total. The summed E-state index contributed by atoms with van der Waals surface area (Å²) in [4.78, 5) is 28.1. The van der Waals surface area contributed by atoms with E-state index in [-0.39, 0.29) is 11.8 Å². The fraction of sp³-hybridized carbons (Fsp3) is 0.118. The highest BCUT2D eigenvalue weighted by molar-refractivity contribution is 6.11. The van der Waals surface area contributed by atoms with Crippen LogP contribution in [0.3, 0.4) is 0 Å². The maximum Gasteiger partial charge on any atom is 0.258 e. The highest BCUT2D eigenvalue weighted by atomic mass is 16.5. The van der Waals surface area contributed by atoms with Gasteiger partial charge < -0.3 is 19.7 Å². The number of anilines is 2. The number of nitrogens with zero attached hydrogens (tertiary/aromatic N) is 1. The topological polar surface area (TPSA) is 67.9 Å². The Morgan fingerprint density at radius 3 is 2.10 bits per heavy atom. The summed E-state index contributed by atoms with van der Waals surface area (Å²) in [6.45, 7) is 3.23. The van der Waals surface area contributed by atoms with E-state index in [1.54, 1.807) is 53.4 Å². The lowest BCUT2D eigenvalue weighted by molar-refractivity contribution is 0.0987. The number of carbonyl (C=O) groups excluding carboxylic acids is 2. The van der Waals surface area contributed by atoms with Gasteiger partial charge in [-0.1, -0.05) is 60.7 Å². The molecule has 6 heteroatoms. The molecule has 0 radical (unpaired) electrons. The van der Waals surface area contributed by atoms with Gasteiger partial charge in [0.2, 0.25) is 0 Å². The second-order valence-corrected chi connectivity index (χ2v) is 9.12. The summed E-state index contributed by atoms with van der Waals surface area (Å²) in [6, 6.07) is 37.5. The van der Waals surface area contributed by atoms with Gasteiger partial charge in [-0.25, -0.2) is 0 Å². The van der Waals surface area contributed by atoms with E-state index in [0.717, 1.165) is 22.2 Å². The minimum Gasteiger partial charge on any atom is -0.490 e. The molecule has 0 aliphatic rings. The molecule has 0 saturated carbocycles. The van der Waals surface area contributed by atoms with Crippen LogP contribution in [0, 0.1) is 0 Å². The first-order valence-electron chi connectivity index (χ1n) is 13.2. The lowest BCUT2D eigenvalue weighted by atomic mass is 10.1. The quantitative estimate of drug-likeness (QED) is 0.194. The van der Waals surface area contributed by atoms with Crippen LogP contribution in [-0.2, 0) is 0 Å². The Hall–Kier alpha value is -5.10. The predicted octanol–water partition coefficient (Wildman–Crippen LogP) is 7.22. The highest BCUT2D eigenvalue weighted by Gasteiger charge is 2.18. The van der Waals surface area contributed by atoms with Crippen LogP contribution in [0.15, 0.2) is 121 Å². The molecule has 0 heterocycles. The molecule has 5 aromatic carbocycles. The van der Waals surface area contributed by atoms with Crippen molar-refractivity contribution in [1.29, 1.82) is 0 Å². The molecule has 1 N–H and O–H groups in total. The van der Waals surface area contributed by atoms with Crippen molar-refractivity contribution in [2.75, 3.05) is 30.0 Å². The van der Waals surface area contributed by atoms with Crippen LogP contribution in [-0.4, -0.2) is 31.6 Å². The van der Waals surface area contributed by atoms with Crippen LogP contribution in [0.5, 0.6) is 11.5 Å².